The minimum Gasteiger partial charge on any atom is -0.376 e. The number of hydrogen-bond acceptors (Lipinski definition) is 3. The Labute approximate surface area is 118 Å². The van der Waals surface area contributed by atoms with Crippen LogP contribution in [-0.2, 0) is 9.53 Å². The van der Waals surface area contributed by atoms with Gasteiger partial charge in [0, 0.05) is 18.8 Å². The van der Waals surface area contributed by atoms with E-state index in [0.29, 0.717) is 18.8 Å². The number of benzene rings is 1. The Balaban J connectivity index is 1.93. The minimum atomic E-state index is -0.306. The van der Waals surface area contributed by atoms with Crippen LogP contribution in [0, 0.1) is 12.7 Å². The van der Waals surface area contributed by atoms with E-state index in [2.05, 4.69) is 5.32 Å². The number of amides is 1. The fourth-order valence-electron chi connectivity index (χ4n) is 2.45. The van der Waals surface area contributed by atoms with Gasteiger partial charge < -0.3 is 15.0 Å². The molecule has 0 aliphatic carbocycles. The van der Waals surface area contributed by atoms with Crippen LogP contribution in [0.3, 0.4) is 0 Å². The summed E-state index contributed by atoms with van der Waals surface area (Å²) < 4.78 is 18.8. The van der Waals surface area contributed by atoms with Crippen LogP contribution in [0.4, 0.5) is 10.1 Å². The third-order valence-corrected chi connectivity index (χ3v) is 3.40. The van der Waals surface area contributed by atoms with E-state index in [0.717, 1.165) is 5.56 Å². The number of ether oxygens (including phenoxy) is 1. The van der Waals surface area contributed by atoms with Crippen LogP contribution in [0.15, 0.2) is 18.2 Å². The summed E-state index contributed by atoms with van der Waals surface area (Å²) in [5, 5.41) is 3.01. The number of rotatable bonds is 3. The van der Waals surface area contributed by atoms with Gasteiger partial charge in [-0.3, -0.25) is 4.79 Å². The summed E-state index contributed by atoms with van der Waals surface area (Å²) in [5.41, 5.74) is 1.58. The minimum absolute atomic E-state index is 0.00987. The summed E-state index contributed by atoms with van der Waals surface area (Å²) >= 11 is 0. The van der Waals surface area contributed by atoms with Gasteiger partial charge >= 0.3 is 0 Å². The van der Waals surface area contributed by atoms with Crippen molar-refractivity contribution in [1.29, 1.82) is 0 Å². The Bertz CT molecular complexity index is 483. The van der Waals surface area contributed by atoms with E-state index in [1.807, 2.05) is 20.8 Å². The molecule has 20 heavy (non-hydrogen) atoms. The number of halogens is 1. The number of carbonyl (C=O) groups is 1. The lowest BCUT2D eigenvalue weighted by Gasteiger charge is -2.35. The zero-order chi connectivity index (χ0) is 14.7. The molecule has 2 atom stereocenters. The second-order valence-corrected chi connectivity index (χ2v) is 5.37. The molecule has 1 saturated heterocycles. The number of nitrogens with one attached hydrogen (secondary N) is 1. The molecule has 0 radical (unpaired) electrons. The normalized spacial score (nSPS) is 22.7. The van der Waals surface area contributed by atoms with Crippen molar-refractivity contribution in [2.75, 3.05) is 25.0 Å². The Morgan fingerprint density at radius 3 is 2.70 bits per heavy atom. The topological polar surface area (TPSA) is 41.6 Å². The molecule has 1 aromatic rings. The van der Waals surface area contributed by atoms with Gasteiger partial charge in [0.2, 0.25) is 5.91 Å². The molecule has 2 rings (SSSR count). The van der Waals surface area contributed by atoms with Gasteiger partial charge in [-0.25, -0.2) is 4.39 Å². The molecule has 1 aromatic carbocycles. The Kier molecular flexibility index (Phi) is 4.60. The monoisotopic (exact) mass is 280 g/mol. The first kappa shape index (κ1) is 14.8. The highest BCUT2D eigenvalue weighted by molar-refractivity contribution is 5.81. The molecule has 1 fully saturated rings. The van der Waals surface area contributed by atoms with Crippen LogP contribution >= 0.6 is 0 Å². The van der Waals surface area contributed by atoms with E-state index in [-0.39, 0.29) is 30.5 Å². The van der Waals surface area contributed by atoms with Gasteiger partial charge in [-0.2, -0.15) is 0 Å². The van der Waals surface area contributed by atoms with Gasteiger partial charge in [0.05, 0.1) is 18.8 Å². The van der Waals surface area contributed by atoms with Crippen LogP contribution in [-0.4, -0.2) is 42.6 Å². The van der Waals surface area contributed by atoms with Crippen molar-refractivity contribution in [3.63, 3.8) is 0 Å². The molecule has 1 aliphatic rings. The van der Waals surface area contributed by atoms with E-state index < -0.39 is 0 Å². The molecular weight excluding hydrogens is 259 g/mol. The van der Waals surface area contributed by atoms with Gasteiger partial charge in [0.1, 0.15) is 5.82 Å². The number of morpholine rings is 1. The van der Waals surface area contributed by atoms with Crippen LogP contribution in [0.2, 0.25) is 0 Å². The highest BCUT2D eigenvalue weighted by Gasteiger charge is 2.25. The van der Waals surface area contributed by atoms with Gasteiger partial charge in [-0.1, -0.05) is 6.07 Å². The van der Waals surface area contributed by atoms with Crippen molar-refractivity contribution in [3.8, 4) is 0 Å². The van der Waals surface area contributed by atoms with Crippen molar-refractivity contribution in [2.45, 2.75) is 33.0 Å². The summed E-state index contributed by atoms with van der Waals surface area (Å²) in [6.45, 7) is 7.18. The lowest BCUT2D eigenvalue weighted by Crippen LogP contribution is -2.49. The van der Waals surface area contributed by atoms with Gasteiger partial charge in [-0.05, 0) is 38.5 Å². The summed E-state index contributed by atoms with van der Waals surface area (Å²) in [7, 11) is 0. The lowest BCUT2D eigenvalue weighted by atomic mass is 10.2. The second kappa shape index (κ2) is 6.22. The first-order valence-electron chi connectivity index (χ1n) is 6.89. The van der Waals surface area contributed by atoms with E-state index in [1.54, 1.807) is 11.0 Å². The Morgan fingerprint density at radius 1 is 1.40 bits per heavy atom. The first-order chi connectivity index (χ1) is 9.45. The van der Waals surface area contributed by atoms with Crippen molar-refractivity contribution < 1.29 is 13.9 Å². The van der Waals surface area contributed by atoms with Crippen molar-refractivity contribution in [1.82, 2.24) is 4.90 Å². The lowest BCUT2D eigenvalue weighted by molar-refractivity contribution is -0.141. The molecule has 0 bridgehead atoms. The fraction of sp³-hybridized carbons (Fsp3) is 0.533. The second-order valence-electron chi connectivity index (χ2n) is 5.37. The third-order valence-electron chi connectivity index (χ3n) is 3.40. The maximum atomic E-state index is 13.2. The van der Waals surface area contributed by atoms with Crippen LogP contribution in [0.1, 0.15) is 19.4 Å². The molecule has 0 saturated carbocycles. The maximum Gasteiger partial charge on any atom is 0.242 e. The standard InChI is InChI=1S/C15H21FN2O2/c1-10-4-5-13(16)6-14(10)17-7-15(19)18-8-11(2)20-12(3)9-18/h4-6,11-12,17H,7-9H2,1-3H3. The molecule has 110 valence electrons. The SMILES string of the molecule is Cc1ccc(F)cc1NCC(=O)N1CC(C)OC(C)C1. The smallest absolute Gasteiger partial charge is 0.242 e. The van der Waals surface area contributed by atoms with E-state index in [4.69, 9.17) is 4.74 Å². The summed E-state index contributed by atoms with van der Waals surface area (Å²) in [6, 6.07) is 4.52. The number of hydrogen-bond donors (Lipinski definition) is 1. The molecule has 4 nitrogen and oxygen atoms in total. The molecule has 5 heteroatoms. The first-order valence-corrected chi connectivity index (χ1v) is 6.89. The number of nitrogens with zero attached hydrogens (tertiary/aromatic N) is 1. The summed E-state index contributed by atoms with van der Waals surface area (Å²) in [6.07, 6.45) is 0.109. The number of carbonyl (C=O) groups excluding carboxylic acids is 1. The quantitative estimate of drug-likeness (QED) is 0.922. The number of aryl methyl sites for hydroxylation is 1. The predicted molar refractivity (Wildman–Crippen MR) is 76.2 cm³/mol. The summed E-state index contributed by atoms with van der Waals surface area (Å²) in [5.74, 6) is -0.296. The molecule has 0 aromatic heterocycles. The summed E-state index contributed by atoms with van der Waals surface area (Å²) in [4.78, 5) is 14.0. The molecular formula is C15H21FN2O2. The predicted octanol–water partition coefficient (Wildman–Crippen LogP) is 2.18. The van der Waals surface area contributed by atoms with E-state index in [1.165, 1.54) is 12.1 Å². The highest BCUT2D eigenvalue weighted by Crippen LogP contribution is 2.16. The third kappa shape index (κ3) is 3.70. The van der Waals surface area contributed by atoms with Crippen molar-refractivity contribution in [3.05, 3.63) is 29.6 Å². The van der Waals surface area contributed by atoms with Gasteiger partial charge in [0.15, 0.2) is 0 Å². The van der Waals surface area contributed by atoms with Crippen LogP contribution < -0.4 is 5.32 Å². The van der Waals surface area contributed by atoms with Gasteiger partial charge in [0.25, 0.3) is 0 Å². The maximum absolute atomic E-state index is 13.2. The molecule has 0 spiro atoms. The van der Waals surface area contributed by atoms with Crippen molar-refractivity contribution >= 4 is 11.6 Å². The molecule has 1 amide bonds. The zero-order valence-corrected chi connectivity index (χ0v) is 12.1. The molecule has 1 N–H and O–H groups in total. The van der Waals surface area contributed by atoms with Crippen molar-refractivity contribution in [2.24, 2.45) is 0 Å². The average Bonchev–Trinajstić information content (AvgIpc) is 2.38. The largest absolute Gasteiger partial charge is 0.376 e. The molecule has 2 unspecified atom stereocenters. The Morgan fingerprint density at radius 2 is 2.05 bits per heavy atom. The zero-order valence-electron chi connectivity index (χ0n) is 12.1. The van der Waals surface area contributed by atoms with E-state index in [9.17, 15) is 9.18 Å². The highest BCUT2D eigenvalue weighted by atomic mass is 19.1. The Hall–Kier alpha value is -1.62. The molecule has 1 aliphatic heterocycles. The number of anilines is 1. The van der Waals surface area contributed by atoms with Crippen LogP contribution in [0.5, 0.6) is 0 Å². The fourth-order valence-corrected chi connectivity index (χ4v) is 2.45. The van der Waals surface area contributed by atoms with E-state index >= 15 is 0 Å². The van der Waals surface area contributed by atoms with Gasteiger partial charge in [-0.15, -0.1) is 0 Å². The average molecular weight is 280 g/mol. The van der Waals surface area contributed by atoms with Crippen LogP contribution in [0.25, 0.3) is 0 Å². The molecule has 1 heterocycles.